The molecule has 0 fully saturated rings. The molecule has 0 unspecified atom stereocenters. The highest BCUT2D eigenvalue weighted by Gasteiger charge is 2.28. The Morgan fingerprint density at radius 3 is 2.60 bits per heavy atom. The molecule has 0 aliphatic rings. The van der Waals surface area contributed by atoms with Crippen LogP contribution >= 0.6 is 11.6 Å². The lowest BCUT2D eigenvalue weighted by atomic mass is 10.1. The molecule has 0 aliphatic heterocycles. The minimum absolute atomic E-state index is 0.107. The molecule has 3 heterocycles. The van der Waals surface area contributed by atoms with E-state index in [1.807, 2.05) is 24.3 Å². The van der Waals surface area contributed by atoms with Gasteiger partial charge >= 0.3 is 6.18 Å². The third kappa shape index (κ3) is 4.54. The molecule has 5 rings (SSSR count). The Balaban J connectivity index is 1.51. The van der Waals surface area contributed by atoms with Gasteiger partial charge in [0.05, 0.1) is 5.52 Å². The van der Waals surface area contributed by atoms with Crippen LogP contribution in [-0.2, 0) is 0 Å². The summed E-state index contributed by atoms with van der Waals surface area (Å²) in [5, 5.41) is 8.45. The van der Waals surface area contributed by atoms with Crippen LogP contribution in [0.1, 0.15) is 0 Å². The molecular formula is C23H15ClF4N6O. The van der Waals surface area contributed by atoms with Gasteiger partial charge < -0.3 is 9.64 Å². The first-order valence-electron chi connectivity index (χ1n) is 10.2. The number of halogens is 5. The number of fused-ring (bicyclic) bond motifs is 3. The van der Waals surface area contributed by atoms with E-state index < -0.39 is 18.6 Å². The molecule has 0 saturated carbocycles. The van der Waals surface area contributed by atoms with Crippen LogP contribution < -0.4 is 9.64 Å². The number of benzene rings is 2. The summed E-state index contributed by atoms with van der Waals surface area (Å²) in [7, 11) is 1.77. The van der Waals surface area contributed by atoms with Crippen molar-refractivity contribution in [3.05, 3.63) is 71.9 Å². The molecule has 7 nitrogen and oxygen atoms in total. The first-order valence-corrected chi connectivity index (χ1v) is 10.6. The summed E-state index contributed by atoms with van der Waals surface area (Å²) in [5.74, 6) is 0.121. The van der Waals surface area contributed by atoms with Crippen molar-refractivity contribution in [2.45, 2.75) is 6.18 Å². The molecule has 2 aromatic carbocycles. The molecule has 0 amide bonds. The summed E-state index contributed by atoms with van der Waals surface area (Å²) in [6, 6.07) is 14.6. The Morgan fingerprint density at radius 2 is 1.86 bits per heavy atom. The van der Waals surface area contributed by atoms with Crippen molar-refractivity contribution in [3.63, 3.8) is 0 Å². The normalized spacial score (nSPS) is 11.8. The molecule has 3 aromatic heterocycles. The molecule has 0 N–H and O–H groups in total. The number of aromatic nitrogens is 5. The zero-order chi connectivity index (χ0) is 24.7. The van der Waals surface area contributed by atoms with E-state index in [2.05, 4.69) is 24.9 Å². The van der Waals surface area contributed by atoms with Crippen LogP contribution in [0.5, 0.6) is 5.88 Å². The SMILES string of the molecule is CN(c1cccc(-c2ccc(OCC(F)(F)F)nc2)c1)c1nc2nnc(Cl)n2c2ccc(F)cc12. The maximum absolute atomic E-state index is 14.1. The Hall–Kier alpha value is -3.99. The predicted octanol–water partition coefficient (Wildman–Crippen LogP) is 5.84. The fourth-order valence-electron chi connectivity index (χ4n) is 3.64. The van der Waals surface area contributed by atoms with Crippen LogP contribution in [0.2, 0.25) is 5.28 Å². The minimum atomic E-state index is -4.44. The molecule has 0 bridgehead atoms. The zero-order valence-corrected chi connectivity index (χ0v) is 18.7. The summed E-state index contributed by atoms with van der Waals surface area (Å²) in [6.07, 6.45) is -3.01. The van der Waals surface area contributed by atoms with E-state index >= 15 is 0 Å². The number of rotatable bonds is 5. The zero-order valence-electron chi connectivity index (χ0n) is 18.0. The van der Waals surface area contributed by atoms with Gasteiger partial charge in [0.2, 0.25) is 11.2 Å². The Kier molecular flexibility index (Phi) is 5.64. The highest BCUT2D eigenvalue weighted by molar-refractivity contribution is 6.29. The van der Waals surface area contributed by atoms with Gasteiger partial charge in [0.15, 0.2) is 6.61 Å². The number of hydrogen-bond donors (Lipinski definition) is 0. The second-order valence-corrected chi connectivity index (χ2v) is 7.94. The molecule has 0 atom stereocenters. The minimum Gasteiger partial charge on any atom is -0.468 e. The van der Waals surface area contributed by atoms with Gasteiger partial charge in [0.1, 0.15) is 11.6 Å². The van der Waals surface area contributed by atoms with Crippen molar-refractivity contribution in [1.82, 2.24) is 24.6 Å². The quantitative estimate of drug-likeness (QED) is 0.281. The molecule has 178 valence electrons. The van der Waals surface area contributed by atoms with E-state index in [9.17, 15) is 17.6 Å². The fourth-order valence-corrected chi connectivity index (χ4v) is 3.84. The van der Waals surface area contributed by atoms with E-state index in [1.165, 1.54) is 28.8 Å². The van der Waals surface area contributed by atoms with Crippen LogP contribution in [0.4, 0.5) is 29.1 Å². The van der Waals surface area contributed by atoms with Gasteiger partial charge in [-0.05, 0) is 53.6 Å². The number of nitrogens with zero attached hydrogens (tertiary/aromatic N) is 6. The van der Waals surface area contributed by atoms with Crippen LogP contribution in [0, 0.1) is 5.82 Å². The van der Waals surface area contributed by atoms with E-state index in [1.54, 1.807) is 24.1 Å². The summed E-state index contributed by atoms with van der Waals surface area (Å²) >= 11 is 6.15. The first kappa shape index (κ1) is 22.8. The van der Waals surface area contributed by atoms with Crippen LogP contribution in [0.15, 0.2) is 60.8 Å². The van der Waals surface area contributed by atoms with Gasteiger partial charge in [-0.25, -0.2) is 13.8 Å². The third-order valence-electron chi connectivity index (χ3n) is 5.26. The lowest BCUT2D eigenvalue weighted by Crippen LogP contribution is -2.19. The topological polar surface area (TPSA) is 68.4 Å². The van der Waals surface area contributed by atoms with E-state index in [0.29, 0.717) is 28.0 Å². The molecule has 0 aliphatic carbocycles. The maximum Gasteiger partial charge on any atom is 0.422 e. The molecule has 5 aromatic rings. The lowest BCUT2D eigenvalue weighted by molar-refractivity contribution is -0.154. The number of ether oxygens (including phenoxy) is 1. The number of anilines is 2. The monoisotopic (exact) mass is 502 g/mol. The van der Waals surface area contributed by atoms with Crippen molar-refractivity contribution in [2.75, 3.05) is 18.6 Å². The predicted molar refractivity (Wildman–Crippen MR) is 123 cm³/mol. The fraction of sp³-hybridized carbons (Fsp3) is 0.130. The standard InChI is InChI=1S/C23H15ClF4N6O/c1-33(20-17-10-15(25)6-7-18(17)34-21(24)31-32-22(34)30-20)16-4-2-3-13(9-16)14-5-8-19(29-11-14)35-12-23(26,27)28/h2-11H,12H2,1H3. The Bertz CT molecular complexity index is 1540. The molecule has 12 heteroatoms. The van der Waals surface area contributed by atoms with Gasteiger partial charge in [0.25, 0.3) is 5.78 Å². The third-order valence-corrected chi connectivity index (χ3v) is 5.50. The van der Waals surface area contributed by atoms with Gasteiger partial charge in [-0.2, -0.15) is 18.2 Å². The Morgan fingerprint density at radius 1 is 1.03 bits per heavy atom. The van der Waals surface area contributed by atoms with E-state index in [-0.39, 0.29) is 16.9 Å². The van der Waals surface area contributed by atoms with Crippen LogP contribution in [0.25, 0.3) is 27.8 Å². The number of hydrogen-bond acceptors (Lipinski definition) is 6. The second-order valence-electron chi connectivity index (χ2n) is 7.60. The largest absolute Gasteiger partial charge is 0.468 e. The van der Waals surface area contributed by atoms with E-state index in [4.69, 9.17) is 11.6 Å². The van der Waals surface area contributed by atoms with Gasteiger partial charge in [0, 0.05) is 35.9 Å². The lowest BCUT2D eigenvalue weighted by Gasteiger charge is -2.21. The molecular weight excluding hydrogens is 488 g/mol. The van der Waals surface area contributed by atoms with Crippen LogP contribution in [-0.4, -0.2) is 44.4 Å². The van der Waals surface area contributed by atoms with Crippen molar-refractivity contribution in [2.24, 2.45) is 0 Å². The second kappa shape index (κ2) is 8.66. The van der Waals surface area contributed by atoms with Crippen molar-refractivity contribution in [1.29, 1.82) is 0 Å². The van der Waals surface area contributed by atoms with Crippen molar-refractivity contribution < 1.29 is 22.3 Å². The highest BCUT2D eigenvalue weighted by Crippen LogP contribution is 2.33. The Labute approximate surface area is 200 Å². The first-order chi connectivity index (χ1) is 16.7. The van der Waals surface area contributed by atoms with Crippen molar-refractivity contribution in [3.8, 4) is 17.0 Å². The highest BCUT2D eigenvalue weighted by atomic mass is 35.5. The summed E-state index contributed by atoms with van der Waals surface area (Å²) in [4.78, 5) is 10.3. The molecule has 0 saturated heterocycles. The molecule has 35 heavy (non-hydrogen) atoms. The average Bonchev–Trinajstić information content (AvgIpc) is 3.22. The van der Waals surface area contributed by atoms with Gasteiger partial charge in [-0.1, -0.05) is 12.1 Å². The van der Waals surface area contributed by atoms with Crippen molar-refractivity contribution >= 4 is 39.8 Å². The van der Waals surface area contributed by atoms with Gasteiger partial charge in [-0.3, -0.25) is 0 Å². The molecule has 0 radical (unpaired) electrons. The number of alkyl halides is 3. The average molecular weight is 503 g/mol. The summed E-state index contributed by atoms with van der Waals surface area (Å²) in [5.41, 5.74) is 2.73. The van der Waals surface area contributed by atoms with E-state index in [0.717, 1.165) is 5.56 Å². The summed E-state index contributed by atoms with van der Waals surface area (Å²) < 4.78 is 57.4. The van der Waals surface area contributed by atoms with Crippen LogP contribution in [0.3, 0.4) is 0 Å². The van der Waals surface area contributed by atoms with Gasteiger partial charge in [-0.15, -0.1) is 10.2 Å². The smallest absolute Gasteiger partial charge is 0.422 e. The number of pyridine rings is 1. The maximum atomic E-state index is 14.1. The molecule has 0 spiro atoms. The summed E-state index contributed by atoms with van der Waals surface area (Å²) in [6.45, 7) is -1.41.